The van der Waals surface area contributed by atoms with Gasteiger partial charge in [-0.25, -0.2) is 0 Å². The molecule has 0 bridgehead atoms. The van der Waals surface area contributed by atoms with E-state index in [1.807, 2.05) is 0 Å². The number of nitrogens with two attached hydrogens (primary N) is 5. The van der Waals surface area contributed by atoms with Gasteiger partial charge >= 0.3 is 5.97 Å². The van der Waals surface area contributed by atoms with Crippen LogP contribution < -0.4 is 111 Å². The van der Waals surface area contributed by atoms with Crippen molar-refractivity contribution in [3.63, 3.8) is 0 Å². The lowest BCUT2D eigenvalue weighted by Crippen LogP contribution is -2.45. The van der Waals surface area contributed by atoms with Crippen LogP contribution in [0.2, 0.25) is 0 Å². The summed E-state index contributed by atoms with van der Waals surface area (Å²) in [4.78, 5) is 122. The molecule has 35 heteroatoms. The maximum atomic E-state index is 14.4. The number of carboxylic acid groups (broad SMARTS) is 1. The van der Waals surface area contributed by atoms with E-state index in [2.05, 4.69) is 63.8 Å². The van der Waals surface area contributed by atoms with Crippen LogP contribution in [-0.2, 0) is 24.0 Å². The van der Waals surface area contributed by atoms with E-state index in [0.717, 1.165) is 0 Å². The highest BCUT2D eigenvalue weighted by Crippen LogP contribution is 2.28. The Bertz CT molecular complexity index is 3410. The van der Waals surface area contributed by atoms with Crippen LogP contribution in [0.1, 0.15) is 99.2 Å². The summed E-state index contributed by atoms with van der Waals surface area (Å²) in [5.74, 6) is -8.17. The highest BCUT2D eigenvalue weighted by atomic mass is 16.5. The van der Waals surface area contributed by atoms with E-state index >= 15 is 0 Å². The molecule has 0 aromatic heterocycles. The van der Waals surface area contributed by atoms with Gasteiger partial charge in [0.1, 0.15) is 41.1 Å². The average Bonchev–Trinajstić information content (AvgIpc) is 0.925. The van der Waals surface area contributed by atoms with Crippen molar-refractivity contribution in [3.05, 3.63) is 95.1 Å². The molecule has 35 nitrogen and oxygen atoms in total. The molecule has 4 atom stereocenters. The highest BCUT2D eigenvalue weighted by Gasteiger charge is 2.29. The van der Waals surface area contributed by atoms with Crippen molar-refractivity contribution in [1.82, 2.24) is 42.5 Å². The van der Waals surface area contributed by atoms with Gasteiger partial charge in [-0.15, -0.1) is 0 Å². The fourth-order valence-corrected chi connectivity index (χ4v) is 8.93. The molecule has 0 aliphatic heterocycles. The third-order valence-electron chi connectivity index (χ3n) is 13.6. The minimum Gasteiger partial charge on any atom is -0.496 e. The Morgan fingerprint density at radius 2 is 0.660 bits per heavy atom. The molecule has 27 N–H and O–H groups in total. The number of aliphatic carboxylic acids is 1. The molecule has 8 amide bonds. The van der Waals surface area contributed by atoms with Crippen molar-refractivity contribution in [2.45, 2.75) is 82.0 Å². The number of amides is 8. The molecule has 4 aromatic rings. The Morgan fingerprint density at radius 1 is 0.394 bits per heavy atom. The van der Waals surface area contributed by atoms with Gasteiger partial charge in [-0.3, -0.25) is 64.8 Å². The fraction of sp³-hybridized carbons (Fsp3) is 0.373. The van der Waals surface area contributed by atoms with Gasteiger partial charge in [0.2, 0.25) is 23.6 Å². The van der Waals surface area contributed by atoms with Gasteiger partial charge in [-0.05, 0) is 124 Å². The first-order chi connectivity index (χ1) is 44.8. The lowest BCUT2D eigenvalue weighted by molar-refractivity contribution is -0.137. The van der Waals surface area contributed by atoms with E-state index in [1.165, 1.54) is 101 Å². The SMILES string of the molecule is COc1ccc(NC(=O)C(CCCNC(=N)N)NC(=O)c2cc(NC(=O)C(CCCNC(=N)N)NC(=O)c3cc(NC(=O)C(CCCNC(=N)N)NC(=O)c4cc(NC(=O)C(N)CCCNC(=N)N)ccc4OC)ccc3OC)ccc2OC)cc1C(=O)NCCC(=O)O. The minimum absolute atomic E-state index is 0.0112. The first-order valence-corrected chi connectivity index (χ1v) is 29.2. The summed E-state index contributed by atoms with van der Waals surface area (Å²) in [6.45, 7) is 0.496. The zero-order valence-corrected chi connectivity index (χ0v) is 52.3. The number of methoxy groups -OCH3 is 4. The number of benzene rings is 4. The molecule has 0 saturated heterocycles. The second-order valence-electron chi connectivity index (χ2n) is 20.6. The summed E-state index contributed by atoms with van der Waals surface area (Å²) in [6, 6.07) is 11.7. The Balaban J connectivity index is 1.60. The molecular formula is C59H83N21O14. The number of anilines is 4. The Hall–Kier alpha value is -11.7. The van der Waals surface area contributed by atoms with Crippen molar-refractivity contribution in [3.8, 4) is 23.0 Å². The van der Waals surface area contributed by atoms with Crippen LogP contribution in [0.4, 0.5) is 22.7 Å². The van der Waals surface area contributed by atoms with Crippen LogP contribution in [0.5, 0.6) is 23.0 Å². The number of carbonyl (C=O) groups is 9. The van der Waals surface area contributed by atoms with E-state index in [0.29, 0.717) is 13.0 Å². The van der Waals surface area contributed by atoms with Gasteiger partial charge in [0.25, 0.3) is 23.6 Å². The molecule has 4 aromatic carbocycles. The molecule has 0 saturated carbocycles. The molecule has 0 fully saturated rings. The average molecular weight is 1310 g/mol. The van der Waals surface area contributed by atoms with Gasteiger partial charge in [0, 0.05) is 55.5 Å². The number of ether oxygens (including phenoxy) is 4. The number of carbonyl (C=O) groups excluding carboxylic acids is 8. The van der Waals surface area contributed by atoms with Gasteiger partial charge in [-0.2, -0.15) is 0 Å². The van der Waals surface area contributed by atoms with E-state index in [4.69, 9.17) is 74.4 Å². The van der Waals surface area contributed by atoms with Crippen LogP contribution in [0.15, 0.2) is 72.8 Å². The predicted molar refractivity (Wildman–Crippen MR) is 349 cm³/mol. The molecular weight excluding hydrogens is 1230 g/mol. The molecule has 508 valence electrons. The van der Waals surface area contributed by atoms with Gasteiger partial charge in [0.05, 0.1) is 63.2 Å². The Morgan fingerprint density at radius 3 is 0.926 bits per heavy atom. The first-order valence-electron chi connectivity index (χ1n) is 29.2. The summed E-state index contributed by atoms with van der Waals surface area (Å²) in [6.07, 6.45) is 0.798. The lowest BCUT2D eigenvalue weighted by atomic mass is 10.1. The van der Waals surface area contributed by atoms with E-state index in [-0.39, 0.29) is 169 Å². The largest absolute Gasteiger partial charge is 0.496 e. The van der Waals surface area contributed by atoms with E-state index < -0.39 is 77.4 Å². The number of carboxylic acids is 1. The topological polar surface area (TPSA) is 581 Å². The highest BCUT2D eigenvalue weighted by molar-refractivity contribution is 6.08. The van der Waals surface area contributed by atoms with Gasteiger partial charge < -0.3 is 117 Å². The second kappa shape index (κ2) is 38.1. The van der Waals surface area contributed by atoms with E-state index in [1.54, 1.807) is 0 Å². The summed E-state index contributed by atoms with van der Waals surface area (Å²) >= 11 is 0. The lowest BCUT2D eigenvalue weighted by Gasteiger charge is -2.22. The number of rotatable bonds is 38. The quantitative estimate of drug-likeness (QED) is 0.0152. The maximum Gasteiger partial charge on any atom is 0.305 e. The van der Waals surface area contributed by atoms with Crippen LogP contribution >= 0.6 is 0 Å². The molecule has 0 aliphatic rings. The summed E-state index contributed by atoms with van der Waals surface area (Å²) in [5.41, 5.74) is 27.8. The van der Waals surface area contributed by atoms with Crippen LogP contribution in [0, 0.1) is 21.6 Å². The first kappa shape index (κ1) is 74.8. The van der Waals surface area contributed by atoms with Crippen molar-refractivity contribution in [2.24, 2.45) is 28.7 Å². The normalized spacial score (nSPS) is 11.8. The molecule has 0 spiro atoms. The van der Waals surface area contributed by atoms with Gasteiger partial charge in [0.15, 0.2) is 23.8 Å². The Kier molecular flexibility index (Phi) is 30.4. The summed E-state index contributed by atoms with van der Waals surface area (Å²) < 4.78 is 21.8. The maximum absolute atomic E-state index is 14.4. The number of guanidine groups is 4. The summed E-state index contributed by atoms with van der Waals surface area (Å²) in [7, 11) is 5.21. The second-order valence-corrected chi connectivity index (χ2v) is 20.6. The third-order valence-corrected chi connectivity index (χ3v) is 13.6. The monoisotopic (exact) mass is 1310 g/mol. The predicted octanol–water partition coefficient (Wildman–Crippen LogP) is -0.544. The smallest absolute Gasteiger partial charge is 0.305 e. The Labute approximate surface area is 540 Å². The zero-order chi connectivity index (χ0) is 69.4. The van der Waals surface area contributed by atoms with Crippen LogP contribution in [0.3, 0.4) is 0 Å². The molecule has 0 heterocycles. The van der Waals surface area contributed by atoms with Gasteiger partial charge in [-0.1, -0.05) is 0 Å². The van der Waals surface area contributed by atoms with Crippen molar-refractivity contribution < 1.29 is 67.2 Å². The van der Waals surface area contributed by atoms with Crippen LogP contribution in [-0.4, -0.2) is 168 Å². The molecule has 0 radical (unpaired) electrons. The fourth-order valence-electron chi connectivity index (χ4n) is 8.93. The number of hydrogen-bond acceptors (Lipinski definition) is 18. The molecule has 0 aliphatic carbocycles. The summed E-state index contributed by atoms with van der Waals surface area (Å²) in [5, 5.41) is 70.9. The number of hydrogen-bond donors (Lipinski definition) is 22. The van der Waals surface area contributed by atoms with Crippen molar-refractivity contribution >= 4 is 99.8 Å². The molecule has 4 rings (SSSR count). The van der Waals surface area contributed by atoms with Crippen LogP contribution in [0.25, 0.3) is 0 Å². The van der Waals surface area contributed by atoms with Crippen molar-refractivity contribution in [2.75, 3.05) is 82.4 Å². The minimum atomic E-state index is -1.35. The number of nitrogens with one attached hydrogen (secondary N) is 16. The van der Waals surface area contributed by atoms with E-state index in [9.17, 15) is 43.2 Å². The standard InChI is InChI=1S/C59H83N21O14/c1-91-43-17-14-32(27-35(43)48(83)69-26-21-47(81)82)75-53(88)40(10-6-23-71-57(63)64)79-50(85)37-29-34(16-19-45(37)93-3)77-55(90)42(12-8-25-73-59(67)68)80-51(86)38-30-33(15-20-46(38)94-4)76-54(89)41(11-7-24-72-58(65)66)78-49(84)36-28-31(13-18-44(36)92-2)74-52(87)39(60)9-5-22-70-56(61)62/h13-20,27-30,39-42H,5-12,21-26,60H2,1-4H3,(H,69,83)(H,74,87)(H,75,88)(H,76,89)(H,77,90)(H,78,84)(H,79,85)(H,80,86)(H,81,82)(H4,61,62,70)(H4,63,64,71)(H4,65,66,72)(H4,67,68,73). The third kappa shape index (κ3) is 25.0. The molecule has 94 heavy (non-hydrogen) atoms. The molecule has 4 unspecified atom stereocenters. The van der Waals surface area contributed by atoms with Crippen molar-refractivity contribution in [1.29, 1.82) is 21.6 Å². The zero-order valence-electron chi connectivity index (χ0n) is 52.3.